The van der Waals surface area contributed by atoms with E-state index in [0.717, 1.165) is 0 Å². The Labute approximate surface area is 208 Å². The number of amides is 2. The summed E-state index contributed by atoms with van der Waals surface area (Å²) < 4.78 is 7.07. The monoisotopic (exact) mass is 494 g/mol. The molecule has 1 unspecified atom stereocenters. The summed E-state index contributed by atoms with van der Waals surface area (Å²) in [6.45, 7) is 8.74. The second-order valence-corrected chi connectivity index (χ2v) is 10.2. The molecule has 1 N–H and O–H groups in total. The number of thioether (sulfide) groups is 1. The lowest BCUT2D eigenvalue weighted by Crippen LogP contribution is -2.60. The van der Waals surface area contributed by atoms with Gasteiger partial charge in [-0.25, -0.2) is 4.98 Å². The Hall–Kier alpha value is -3.17. The molecule has 0 bridgehead atoms. The predicted octanol–water partition coefficient (Wildman–Crippen LogP) is 4.07. The van der Waals surface area contributed by atoms with Gasteiger partial charge in [0, 0.05) is 19.8 Å². The SMILES string of the molecule is CCOCCCn1c(SC(C)C(=O)N2c3ccccc3NC(=O)C2(C)C)nc2ccccc2c1=O. The van der Waals surface area contributed by atoms with Gasteiger partial charge in [0.15, 0.2) is 5.16 Å². The van der Waals surface area contributed by atoms with Crippen LogP contribution in [0.2, 0.25) is 0 Å². The zero-order valence-corrected chi connectivity index (χ0v) is 21.2. The van der Waals surface area contributed by atoms with Crippen LogP contribution in [0.25, 0.3) is 10.9 Å². The van der Waals surface area contributed by atoms with Crippen LogP contribution in [-0.4, -0.2) is 45.4 Å². The molecule has 8 nitrogen and oxygen atoms in total. The first-order valence-corrected chi connectivity index (χ1v) is 12.6. The van der Waals surface area contributed by atoms with E-state index < -0.39 is 10.8 Å². The number of nitrogens with zero attached hydrogens (tertiary/aromatic N) is 3. The van der Waals surface area contributed by atoms with Crippen molar-refractivity contribution < 1.29 is 14.3 Å². The molecule has 0 saturated carbocycles. The summed E-state index contributed by atoms with van der Waals surface area (Å²) in [5.41, 5.74) is 0.615. The number of carbonyl (C=O) groups excluding carboxylic acids is 2. The number of rotatable bonds is 8. The van der Waals surface area contributed by atoms with Gasteiger partial charge in [0.2, 0.25) is 11.8 Å². The molecular weight excluding hydrogens is 464 g/mol. The maximum Gasteiger partial charge on any atom is 0.262 e. The Morgan fingerprint density at radius 3 is 2.63 bits per heavy atom. The fraction of sp³-hybridized carbons (Fsp3) is 0.385. The molecule has 0 aliphatic carbocycles. The van der Waals surface area contributed by atoms with Crippen LogP contribution in [0, 0.1) is 0 Å². The number of ether oxygens (including phenoxy) is 1. The van der Waals surface area contributed by atoms with Gasteiger partial charge in [0.25, 0.3) is 5.56 Å². The first-order chi connectivity index (χ1) is 16.8. The Bertz CT molecular complexity index is 1320. The lowest BCUT2D eigenvalue weighted by Gasteiger charge is -2.43. The van der Waals surface area contributed by atoms with Crippen LogP contribution in [0.3, 0.4) is 0 Å². The summed E-state index contributed by atoms with van der Waals surface area (Å²) in [5.74, 6) is -0.482. The van der Waals surface area contributed by atoms with E-state index in [1.807, 2.05) is 37.3 Å². The number of nitrogens with one attached hydrogen (secondary N) is 1. The molecule has 184 valence electrons. The average Bonchev–Trinajstić information content (AvgIpc) is 2.83. The summed E-state index contributed by atoms with van der Waals surface area (Å²) >= 11 is 1.23. The van der Waals surface area contributed by atoms with Gasteiger partial charge in [-0.05, 0) is 58.4 Å². The third-order valence-corrected chi connectivity index (χ3v) is 7.14. The third-order valence-electron chi connectivity index (χ3n) is 6.06. The van der Waals surface area contributed by atoms with Gasteiger partial charge >= 0.3 is 0 Å². The summed E-state index contributed by atoms with van der Waals surface area (Å²) in [4.78, 5) is 46.2. The lowest BCUT2D eigenvalue weighted by molar-refractivity contribution is -0.126. The van der Waals surface area contributed by atoms with Crippen LogP contribution in [0.1, 0.15) is 34.1 Å². The van der Waals surface area contributed by atoms with Crippen molar-refractivity contribution in [2.45, 2.75) is 56.6 Å². The molecule has 0 fully saturated rings. The molecule has 0 spiro atoms. The van der Waals surface area contributed by atoms with Crippen LogP contribution in [0.5, 0.6) is 0 Å². The molecule has 9 heteroatoms. The van der Waals surface area contributed by atoms with Crippen molar-refractivity contribution in [3.05, 3.63) is 58.9 Å². The second-order valence-electron chi connectivity index (χ2n) is 8.88. The molecule has 0 saturated heterocycles. The number of fused-ring (bicyclic) bond motifs is 2. The maximum atomic E-state index is 13.8. The molecule has 2 heterocycles. The molecule has 2 aromatic carbocycles. The average molecular weight is 495 g/mol. The lowest BCUT2D eigenvalue weighted by atomic mass is 9.96. The summed E-state index contributed by atoms with van der Waals surface area (Å²) in [6, 6.07) is 14.5. The summed E-state index contributed by atoms with van der Waals surface area (Å²) in [5, 5.41) is 3.29. The largest absolute Gasteiger partial charge is 0.382 e. The smallest absolute Gasteiger partial charge is 0.262 e. The van der Waals surface area contributed by atoms with Crippen molar-refractivity contribution in [2.24, 2.45) is 0 Å². The van der Waals surface area contributed by atoms with E-state index in [1.165, 1.54) is 11.8 Å². The van der Waals surface area contributed by atoms with E-state index >= 15 is 0 Å². The van der Waals surface area contributed by atoms with Gasteiger partial charge in [-0.15, -0.1) is 0 Å². The predicted molar refractivity (Wildman–Crippen MR) is 139 cm³/mol. The van der Waals surface area contributed by atoms with E-state index in [1.54, 1.807) is 48.4 Å². The molecule has 3 aromatic rings. The molecular formula is C26H30N4O4S. The normalized spacial score (nSPS) is 15.5. The first-order valence-electron chi connectivity index (χ1n) is 11.7. The fourth-order valence-corrected chi connectivity index (χ4v) is 5.12. The highest BCUT2D eigenvalue weighted by Crippen LogP contribution is 2.38. The highest BCUT2D eigenvalue weighted by molar-refractivity contribution is 8.00. The van der Waals surface area contributed by atoms with Crippen LogP contribution in [0.4, 0.5) is 11.4 Å². The Kier molecular flexibility index (Phi) is 7.28. The van der Waals surface area contributed by atoms with Crippen molar-refractivity contribution in [3.8, 4) is 0 Å². The van der Waals surface area contributed by atoms with E-state index in [2.05, 4.69) is 5.32 Å². The molecule has 0 radical (unpaired) electrons. The van der Waals surface area contributed by atoms with Gasteiger partial charge in [-0.1, -0.05) is 36.0 Å². The molecule has 1 aliphatic heterocycles. The minimum absolute atomic E-state index is 0.141. The van der Waals surface area contributed by atoms with Crippen LogP contribution < -0.4 is 15.8 Å². The Morgan fingerprint density at radius 1 is 1.14 bits per heavy atom. The van der Waals surface area contributed by atoms with Crippen molar-refractivity contribution in [1.82, 2.24) is 9.55 Å². The van der Waals surface area contributed by atoms with Crippen LogP contribution in [0.15, 0.2) is 58.5 Å². The quantitative estimate of drug-likeness (QED) is 0.288. The molecule has 2 amide bonds. The summed E-state index contributed by atoms with van der Waals surface area (Å²) in [6.07, 6.45) is 0.649. The van der Waals surface area contributed by atoms with Crippen molar-refractivity contribution >= 4 is 45.9 Å². The standard InChI is InChI=1S/C26H30N4O4S/c1-5-34-16-10-15-29-23(32)18-11-6-7-12-19(18)28-25(29)35-17(2)22(31)30-21-14-9-8-13-20(21)27-24(33)26(30,3)4/h6-9,11-14,17H,5,10,15-16H2,1-4H3,(H,27,33). The second kappa shape index (κ2) is 10.2. The number of hydrogen-bond acceptors (Lipinski definition) is 6. The minimum atomic E-state index is -1.08. The zero-order valence-electron chi connectivity index (χ0n) is 20.4. The molecule has 1 aliphatic rings. The van der Waals surface area contributed by atoms with Gasteiger partial charge in [0.05, 0.1) is 27.5 Å². The Balaban J connectivity index is 1.68. The molecule has 4 rings (SSSR count). The number of carbonyl (C=O) groups is 2. The van der Waals surface area contributed by atoms with Crippen LogP contribution in [-0.2, 0) is 20.9 Å². The highest BCUT2D eigenvalue weighted by atomic mass is 32.2. The summed E-state index contributed by atoms with van der Waals surface area (Å²) in [7, 11) is 0. The Morgan fingerprint density at radius 2 is 1.86 bits per heavy atom. The van der Waals surface area contributed by atoms with Crippen LogP contribution >= 0.6 is 11.8 Å². The molecule has 1 aromatic heterocycles. The van der Waals surface area contributed by atoms with Gasteiger partial charge < -0.3 is 10.1 Å². The number of para-hydroxylation sites is 3. The number of aromatic nitrogens is 2. The molecule has 35 heavy (non-hydrogen) atoms. The van der Waals surface area contributed by atoms with E-state index in [4.69, 9.17) is 9.72 Å². The third kappa shape index (κ3) is 4.83. The first kappa shape index (κ1) is 24.9. The van der Waals surface area contributed by atoms with E-state index in [9.17, 15) is 14.4 Å². The topological polar surface area (TPSA) is 93.5 Å². The minimum Gasteiger partial charge on any atom is -0.382 e. The van der Waals surface area contributed by atoms with Gasteiger partial charge in [-0.2, -0.15) is 0 Å². The highest BCUT2D eigenvalue weighted by Gasteiger charge is 2.45. The van der Waals surface area contributed by atoms with E-state index in [-0.39, 0.29) is 17.4 Å². The van der Waals surface area contributed by atoms with Gasteiger partial charge in [0.1, 0.15) is 5.54 Å². The van der Waals surface area contributed by atoms with Crippen molar-refractivity contribution in [2.75, 3.05) is 23.4 Å². The number of hydrogen-bond donors (Lipinski definition) is 1. The number of anilines is 2. The number of benzene rings is 2. The maximum absolute atomic E-state index is 13.8. The van der Waals surface area contributed by atoms with Crippen molar-refractivity contribution in [1.29, 1.82) is 0 Å². The van der Waals surface area contributed by atoms with Gasteiger partial charge in [-0.3, -0.25) is 23.9 Å². The zero-order chi connectivity index (χ0) is 25.2. The fourth-order valence-electron chi connectivity index (χ4n) is 4.14. The van der Waals surface area contributed by atoms with E-state index in [0.29, 0.717) is 53.6 Å². The van der Waals surface area contributed by atoms with Crippen molar-refractivity contribution in [3.63, 3.8) is 0 Å². The molecule has 1 atom stereocenters.